The van der Waals surface area contributed by atoms with Gasteiger partial charge in [-0.2, -0.15) is 0 Å². The molecule has 0 aromatic heterocycles. The zero-order valence-electron chi connectivity index (χ0n) is 34.0. The van der Waals surface area contributed by atoms with Gasteiger partial charge in [-0.15, -0.1) is 0 Å². The number of rotatable bonds is 9. The van der Waals surface area contributed by atoms with E-state index in [1.165, 1.54) is 0 Å². The van der Waals surface area contributed by atoms with Crippen LogP contribution in [0.25, 0.3) is 0 Å². The summed E-state index contributed by atoms with van der Waals surface area (Å²) >= 11 is 0. The minimum absolute atomic E-state index is 0.0212. The van der Waals surface area contributed by atoms with Crippen molar-refractivity contribution in [2.75, 3.05) is 6.16 Å². The molecule has 16 bridgehead atoms. The molecule has 0 heterocycles. The summed E-state index contributed by atoms with van der Waals surface area (Å²) in [5, 5.41) is 6.03. The molecule has 16 saturated carbocycles. The molecule has 0 N–H and O–H groups in total. The van der Waals surface area contributed by atoms with Crippen molar-refractivity contribution in [3.63, 3.8) is 0 Å². The van der Waals surface area contributed by atoms with Crippen molar-refractivity contribution in [1.29, 1.82) is 0 Å². The minimum atomic E-state index is -1.82. The molecule has 3 heteroatoms. The Bertz CT molecular complexity index is 1380. The average molecular weight is 765 g/mol. The molecular weight excluding hydrogens is 691 g/mol. The highest BCUT2D eigenvalue weighted by Crippen LogP contribution is 2.85. The van der Waals surface area contributed by atoms with Crippen LogP contribution >= 0.6 is 15.8 Å². The number of hydrogen-bond donors (Lipinski definition) is 0. The van der Waals surface area contributed by atoms with Gasteiger partial charge in [-0.3, -0.25) is 0 Å². The molecule has 16 aliphatic rings. The van der Waals surface area contributed by atoms with Crippen molar-refractivity contribution in [3.8, 4) is 0 Å². The molecule has 1 unspecified atom stereocenters. The van der Waals surface area contributed by atoms with E-state index in [1.54, 1.807) is 160 Å². The van der Waals surface area contributed by atoms with Crippen molar-refractivity contribution in [2.45, 2.75) is 193 Å². The van der Waals surface area contributed by atoms with Gasteiger partial charge in [-0.1, -0.05) is 64.5 Å². The Labute approximate surface area is 328 Å². The van der Waals surface area contributed by atoms with Gasteiger partial charge >= 0.3 is 0 Å². The maximum Gasteiger partial charge on any atom is 0.0882 e. The van der Waals surface area contributed by atoms with Gasteiger partial charge in [0.2, 0.25) is 0 Å². The fourth-order valence-electron chi connectivity index (χ4n) is 21.4. The molecular formula is C50H74P2Si. The Morgan fingerprint density at radius 1 is 0.434 bits per heavy atom. The van der Waals surface area contributed by atoms with Gasteiger partial charge in [0.05, 0.1) is 8.07 Å². The van der Waals surface area contributed by atoms with E-state index in [0.717, 1.165) is 96.9 Å². The maximum absolute atomic E-state index is 3.04. The summed E-state index contributed by atoms with van der Waals surface area (Å²) in [4.78, 5) is 0. The highest BCUT2D eigenvalue weighted by atomic mass is 31.1. The first-order chi connectivity index (χ1) is 25.6. The normalized spacial score (nSPS) is 55.2. The van der Waals surface area contributed by atoms with Crippen LogP contribution in [0.1, 0.15) is 154 Å². The van der Waals surface area contributed by atoms with Crippen molar-refractivity contribution in [3.05, 3.63) is 30.3 Å². The van der Waals surface area contributed by atoms with Gasteiger partial charge < -0.3 is 0 Å². The van der Waals surface area contributed by atoms with E-state index >= 15 is 0 Å². The lowest BCUT2D eigenvalue weighted by molar-refractivity contribution is 0.0172. The summed E-state index contributed by atoms with van der Waals surface area (Å²) in [6.07, 6.45) is 41.9. The van der Waals surface area contributed by atoms with E-state index in [1.807, 2.05) is 5.19 Å². The Balaban J connectivity index is 1.01. The van der Waals surface area contributed by atoms with Crippen molar-refractivity contribution in [2.24, 2.45) is 71.0 Å². The quantitative estimate of drug-likeness (QED) is 0.174. The van der Waals surface area contributed by atoms with Gasteiger partial charge in [0.15, 0.2) is 0 Å². The second kappa shape index (κ2) is 11.7. The molecule has 16 aliphatic carbocycles. The highest BCUT2D eigenvalue weighted by Gasteiger charge is 2.68. The molecule has 16 fully saturated rings. The van der Waals surface area contributed by atoms with Crippen LogP contribution in [0.15, 0.2) is 30.3 Å². The van der Waals surface area contributed by atoms with Crippen molar-refractivity contribution < 1.29 is 0 Å². The predicted octanol–water partition coefficient (Wildman–Crippen LogP) is 13.3. The zero-order chi connectivity index (χ0) is 35.0. The second-order valence-electron chi connectivity index (χ2n) is 25.2. The fourth-order valence-corrected chi connectivity index (χ4v) is 41.1. The molecule has 53 heavy (non-hydrogen) atoms. The lowest BCUT2D eigenvalue weighted by Crippen LogP contribution is -2.64. The SMILES string of the molecule is C[Si](C)(c1ccccc1)C(CP(C12CC3CC(CC(C3)C1)C2)C12CC3CC(CC(C3)C1)C2)P(C12CC3CC(CC(C3)C1)C2)C12CC3CC(CC(C3)C1)C2. The first-order valence-corrected chi connectivity index (χ1v) is 30.3. The van der Waals surface area contributed by atoms with E-state index in [9.17, 15) is 0 Å². The van der Waals surface area contributed by atoms with Crippen molar-refractivity contribution >= 4 is 29.1 Å². The first kappa shape index (κ1) is 34.2. The minimum Gasteiger partial charge on any atom is -0.0935 e. The molecule has 0 nitrogen and oxygen atoms in total. The van der Waals surface area contributed by atoms with Gasteiger partial charge in [-0.05, 0) is 257 Å². The fraction of sp³-hybridized carbons (Fsp3) is 0.880. The van der Waals surface area contributed by atoms with Crippen LogP contribution in [0, 0.1) is 71.0 Å². The zero-order valence-corrected chi connectivity index (χ0v) is 36.8. The molecule has 0 aliphatic heterocycles. The lowest BCUT2D eigenvalue weighted by Gasteiger charge is -2.72. The third-order valence-corrected chi connectivity index (χ3v) is 36.3. The predicted molar refractivity (Wildman–Crippen MR) is 230 cm³/mol. The Morgan fingerprint density at radius 2 is 0.698 bits per heavy atom. The van der Waals surface area contributed by atoms with Crippen LogP contribution in [0.4, 0.5) is 0 Å². The molecule has 17 rings (SSSR count). The summed E-state index contributed by atoms with van der Waals surface area (Å²) < 4.78 is 0. The lowest BCUT2D eigenvalue weighted by atomic mass is 9.55. The second-order valence-corrected chi connectivity index (χ2v) is 36.7. The molecule has 0 radical (unpaired) electrons. The van der Waals surface area contributed by atoms with E-state index in [2.05, 4.69) is 43.4 Å². The summed E-state index contributed by atoms with van der Waals surface area (Å²) in [6, 6.07) is 12.8. The van der Waals surface area contributed by atoms with Gasteiger partial charge in [-0.25, -0.2) is 0 Å². The molecule has 1 aromatic carbocycles. The molecule has 1 atom stereocenters. The van der Waals surface area contributed by atoms with Gasteiger partial charge in [0.1, 0.15) is 0 Å². The van der Waals surface area contributed by atoms with E-state index in [-0.39, 0.29) is 15.8 Å². The third-order valence-electron chi connectivity index (χ3n) is 21.2. The first-order valence-electron chi connectivity index (χ1n) is 24.3. The Kier molecular flexibility index (Phi) is 7.57. The van der Waals surface area contributed by atoms with Gasteiger partial charge in [0.25, 0.3) is 0 Å². The Hall–Kier alpha value is 0.297. The van der Waals surface area contributed by atoms with E-state index in [4.69, 9.17) is 0 Å². The summed E-state index contributed by atoms with van der Waals surface area (Å²) in [6.45, 7) is 6.08. The molecule has 0 amide bonds. The maximum atomic E-state index is 3.04. The smallest absolute Gasteiger partial charge is 0.0882 e. The Morgan fingerprint density at radius 3 is 0.981 bits per heavy atom. The average Bonchev–Trinajstić information content (AvgIpc) is 3.07. The molecule has 288 valence electrons. The molecule has 1 aromatic rings. The van der Waals surface area contributed by atoms with Crippen LogP contribution in [-0.2, 0) is 0 Å². The van der Waals surface area contributed by atoms with E-state index in [0.29, 0.717) is 0 Å². The molecule has 0 saturated heterocycles. The van der Waals surface area contributed by atoms with Crippen LogP contribution in [0.5, 0.6) is 0 Å². The highest BCUT2D eigenvalue weighted by molar-refractivity contribution is 7.68. The van der Waals surface area contributed by atoms with Crippen LogP contribution in [0.3, 0.4) is 0 Å². The monoisotopic (exact) mass is 765 g/mol. The number of benzene rings is 1. The summed E-state index contributed by atoms with van der Waals surface area (Å²) in [5.74, 6) is 13.3. The number of hydrogen-bond acceptors (Lipinski definition) is 0. The van der Waals surface area contributed by atoms with Crippen LogP contribution < -0.4 is 5.19 Å². The topological polar surface area (TPSA) is 0 Å². The van der Waals surface area contributed by atoms with E-state index < -0.39 is 8.07 Å². The van der Waals surface area contributed by atoms with Crippen LogP contribution in [-0.4, -0.2) is 40.1 Å². The standard InChI is InChI=1S/C50H74P2Si/c1-53(2,45-6-4-3-5-7-45)46(52(49-26-39-14-40(27-49)16-41(15-39)28-49)50-29-42-17-43(30-50)19-44(18-42)31-50)32-51(47-20-33-8-34(21-47)10-35(9-33)22-47)48-23-36-11-37(24-48)13-38(12-36)25-48/h3-7,33-44,46H,8-32H2,1-2H3. The largest absolute Gasteiger partial charge is 0.0935 e. The summed E-state index contributed by atoms with van der Waals surface area (Å²) in [7, 11) is -1.81. The molecule has 0 spiro atoms. The third kappa shape index (κ3) is 5.15. The van der Waals surface area contributed by atoms with Gasteiger partial charge in [0, 0.05) is 0 Å². The van der Waals surface area contributed by atoms with Crippen LogP contribution in [0.2, 0.25) is 13.1 Å². The van der Waals surface area contributed by atoms with Crippen molar-refractivity contribution in [1.82, 2.24) is 0 Å². The summed E-state index contributed by atoms with van der Waals surface area (Å²) in [5.41, 5.74) is 0.